The van der Waals surface area contributed by atoms with Gasteiger partial charge in [-0.3, -0.25) is 9.69 Å². The van der Waals surface area contributed by atoms with E-state index in [2.05, 4.69) is 4.98 Å². The molecule has 8 nitrogen and oxygen atoms in total. The van der Waals surface area contributed by atoms with Crippen molar-refractivity contribution >= 4 is 44.5 Å². The molecule has 2 aromatic rings. The molecule has 0 saturated heterocycles. The number of anilines is 1. The number of aryl methyl sites for hydroxylation is 1. The Balaban J connectivity index is 2.14. The summed E-state index contributed by atoms with van der Waals surface area (Å²) in [5.74, 6) is -2.36. The minimum absolute atomic E-state index is 0.0892. The molecule has 0 fully saturated rings. The highest BCUT2D eigenvalue weighted by atomic mass is 32.1. The summed E-state index contributed by atoms with van der Waals surface area (Å²) in [6, 6.07) is 4.41. The fraction of sp³-hybridized carbons (Fsp3) is 0.400. The Morgan fingerprint density at radius 2 is 1.86 bits per heavy atom. The van der Waals surface area contributed by atoms with Gasteiger partial charge in [0.05, 0.1) is 30.0 Å². The van der Waals surface area contributed by atoms with E-state index < -0.39 is 23.9 Å². The smallest absolute Gasteiger partial charge is 0.340 e. The molecule has 0 spiro atoms. The molecule has 1 aromatic carbocycles. The maximum absolute atomic E-state index is 13.2. The van der Waals surface area contributed by atoms with E-state index in [0.717, 1.165) is 15.2 Å². The van der Waals surface area contributed by atoms with Crippen LogP contribution in [0, 0.1) is 6.92 Å². The quantitative estimate of drug-likeness (QED) is 0.638. The van der Waals surface area contributed by atoms with Crippen LogP contribution in [0.25, 0.3) is 10.2 Å². The van der Waals surface area contributed by atoms with E-state index in [1.54, 1.807) is 20.8 Å². The lowest BCUT2D eigenvalue weighted by Crippen LogP contribution is -2.43. The zero-order valence-electron chi connectivity index (χ0n) is 16.7. The number of thiazole rings is 1. The summed E-state index contributed by atoms with van der Waals surface area (Å²) in [4.78, 5) is 44.2. The molecule has 0 bridgehead atoms. The van der Waals surface area contributed by atoms with Crippen molar-refractivity contribution in [1.82, 2.24) is 4.98 Å². The number of fused-ring (bicyclic) bond motifs is 1. The Morgan fingerprint density at radius 1 is 1.14 bits per heavy atom. The van der Waals surface area contributed by atoms with E-state index in [9.17, 15) is 14.4 Å². The summed E-state index contributed by atoms with van der Waals surface area (Å²) in [6.07, 6.45) is 0. The van der Waals surface area contributed by atoms with Gasteiger partial charge < -0.3 is 14.2 Å². The predicted octanol–water partition coefficient (Wildman–Crippen LogP) is 2.74. The van der Waals surface area contributed by atoms with Gasteiger partial charge in [-0.05, 0) is 45.4 Å². The van der Waals surface area contributed by atoms with Crippen molar-refractivity contribution in [3.8, 4) is 0 Å². The number of aromatic nitrogens is 1. The Morgan fingerprint density at radius 3 is 2.52 bits per heavy atom. The number of benzene rings is 1. The van der Waals surface area contributed by atoms with Crippen molar-refractivity contribution < 1.29 is 28.6 Å². The van der Waals surface area contributed by atoms with Gasteiger partial charge in [0, 0.05) is 0 Å². The number of hydrogen-bond acceptors (Lipinski definition) is 8. The molecule has 0 radical (unpaired) electrons. The van der Waals surface area contributed by atoms with Gasteiger partial charge in [0.25, 0.3) is 5.91 Å². The third kappa shape index (κ3) is 3.82. The summed E-state index contributed by atoms with van der Waals surface area (Å²) in [5.41, 5.74) is 1.56. The van der Waals surface area contributed by atoms with Crippen LogP contribution in [0.3, 0.4) is 0 Å². The third-order valence-electron chi connectivity index (χ3n) is 4.22. The van der Waals surface area contributed by atoms with Crippen LogP contribution in [0.1, 0.15) is 26.3 Å². The largest absolute Gasteiger partial charge is 0.488 e. The number of esters is 2. The number of nitrogens with zero attached hydrogens (tertiary/aromatic N) is 2. The lowest BCUT2D eigenvalue weighted by Gasteiger charge is -2.21. The van der Waals surface area contributed by atoms with Gasteiger partial charge >= 0.3 is 11.9 Å². The number of carbonyl (C=O) groups is 3. The third-order valence-corrected chi connectivity index (χ3v) is 5.26. The topological polar surface area (TPSA) is 95.0 Å². The highest BCUT2D eigenvalue weighted by molar-refractivity contribution is 7.22. The van der Waals surface area contributed by atoms with Crippen LogP contribution in [0.4, 0.5) is 5.13 Å². The van der Waals surface area contributed by atoms with E-state index in [4.69, 9.17) is 14.2 Å². The van der Waals surface area contributed by atoms with Crippen LogP contribution in [-0.4, -0.2) is 48.7 Å². The minimum Gasteiger partial charge on any atom is -0.488 e. The molecular formula is C20H22N2O6S. The Labute approximate surface area is 172 Å². The normalized spacial score (nSPS) is 16.5. The van der Waals surface area contributed by atoms with Crippen LogP contribution in [-0.2, 0) is 28.6 Å². The molecule has 9 heteroatoms. The molecule has 3 rings (SSSR count). The molecule has 1 atom stereocenters. The maximum atomic E-state index is 13.2. The van der Waals surface area contributed by atoms with Gasteiger partial charge in [0.15, 0.2) is 16.9 Å². The molecule has 1 aliphatic rings. The number of hydrogen-bond donors (Lipinski definition) is 0. The fourth-order valence-electron chi connectivity index (χ4n) is 3.06. The first-order valence-corrected chi connectivity index (χ1v) is 10.2. The van der Waals surface area contributed by atoms with E-state index in [1.807, 2.05) is 25.1 Å². The van der Waals surface area contributed by atoms with Gasteiger partial charge in [-0.2, -0.15) is 0 Å². The SMILES string of the molecule is CCOC(=O)C1=C(OCC)C(=O)N(c2nc3cc(C)ccc3s2)C1C(=O)OCC. The number of amides is 1. The fourth-order valence-corrected chi connectivity index (χ4v) is 4.03. The molecule has 0 N–H and O–H groups in total. The van der Waals surface area contributed by atoms with Crippen LogP contribution in [0.5, 0.6) is 0 Å². The van der Waals surface area contributed by atoms with Gasteiger partial charge in [0.1, 0.15) is 5.57 Å². The summed E-state index contributed by atoms with van der Waals surface area (Å²) < 4.78 is 16.5. The molecular weight excluding hydrogens is 396 g/mol. The molecule has 1 aromatic heterocycles. The lowest BCUT2D eigenvalue weighted by atomic mass is 10.1. The van der Waals surface area contributed by atoms with Gasteiger partial charge in [-0.1, -0.05) is 17.4 Å². The molecule has 1 aliphatic heterocycles. The monoisotopic (exact) mass is 418 g/mol. The van der Waals surface area contributed by atoms with Gasteiger partial charge in [-0.15, -0.1) is 0 Å². The van der Waals surface area contributed by atoms with E-state index >= 15 is 0 Å². The summed E-state index contributed by atoms with van der Waals surface area (Å²) in [6.45, 7) is 7.24. The second-order valence-electron chi connectivity index (χ2n) is 6.19. The Hall–Kier alpha value is -2.94. The molecule has 0 saturated carbocycles. The van der Waals surface area contributed by atoms with Crippen LogP contribution >= 0.6 is 11.3 Å². The average molecular weight is 418 g/mol. The van der Waals surface area contributed by atoms with Gasteiger partial charge in [-0.25, -0.2) is 14.6 Å². The highest BCUT2D eigenvalue weighted by Crippen LogP contribution is 2.38. The van der Waals surface area contributed by atoms with Crippen molar-refractivity contribution in [3.05, 3.63) is 35.1 Å². The Kier molecular flexibility index (Phi) is 6.17. The van der Waals surface area contributed by atoms with E-state index in [1.165, 1.54) is 11.3 Å². The predicted molar refractivity (Wildman–Crippen MR) is 108 cm³/mol. The molecule has 29 heavy (non-hydrogen) atoms. The second kappa shape index (κ2) is 8.60. The first-order valence-electron chi connectivity index (χ1n) is 9.34. The van der Waals surface area contributed by atoms with Crippen molar-refractivity contribution in [1.29, 1.82) is 0 Å². The summed E-state index contributed by atoms with van der Waals surface area (Å²) in [7, 11) is 0. The molecule has 1 unspecified atom stereocenters. The molecule has 154 valence electrons. The first-order chi connectivity index (χ1) is 13.9. The van der Waals surface area contributed by atoms with Crippen LogP contribution in [0.2, 0.25) is 0 Å². The first kappa shape index (κ1) is 20.8. The number of rotatable bonds is 7. The molecule has 0 aliphatic carbocycles. The highest BCUT2D eigenvalue weighted by Gasteiger charge is 2.51. The van der Waals surface area contributed by atoms with Crippen molar-refractivity contribution in [3.63, 3.8) is 0 Å². The Bertz CT molecular complexity index is 996. The van der Waals surface area contributed by atoms with Crippen molar-refractivity contribution in [2.45, 2.75) is 33.7 Å². The summed E-state index contributed by atoms with van der Waals surface area (Å²) in [5, 5.41) is 0.283. The second-order valence-corrected chi connectivity index (χ2v) is 7.20. The molecule has 2 heterocycles. The van der Waals surface area contributed by atoms with Crippen LogP contribution < -0.4 is 4.90 Å². The zero-order valence-corrected chi connectivity index (χ0v) is 17.5. The zero-order chi connectivity index (χ0) is 21.1. The number of carbonyl (C=O) groups excluding carboxylic acids is 3. The minimum atomic E-state index is -1.32. The number of ether oxygens (including phenoxy) is 3. The van der Waals surface area contributed by atoms with Crippen molar-refractivity contribution in [2.24, 2.45) is 0 Å². The van der Waals surface area contributed by atoms with Crippen molar-refractivity contribution in [2.75, 3.05) is 24.7 Å². The maximum Gasteiger partial charge on any atom is 0.340 e. The van der Waals surface area contributed by atoms with Crippen LogP contribution in [0.15, 0.2) is 29.5 Å². The van der Waals surface area contributed by atoms with Gasteiger partial charge in [0.2, 0.25) is 0 Å². The van der Waals surface area contributed by atoms with E-state index in [0.29, 0.717) is 5.52 Å². The summed E-state index contributed by atoms with van der Waals surface area (Å²) >= 11 is 1.25. The standard InChI is InChI=1S/C20H22N2O6S/c1-5-26-16-14(18(24)27-6-2)15(19(25)28-7-3)22(17(16)23)20-21-12-10-11(4)8-9-13(12)29-20/h8-10,15H,5-7H2,1-4H3. The average Bonchev–Trinajstić information content (AvgIpc) is 3.21. The van der Waals surface area contributed by atoms with E-state index in [-0.39, 0.29) is 36.3 Å². The molecule has 1 amide bonds. The lowest BCUT2D eigenvalue weighted by molar-refractivity contribution is -0.147.